The Hall–Kier alpha value is -1.91. The van der Waals surface area contributed by atoms with Gasteiger partial charge in [0.2, 0.25) is 0 Å². The molecule has 2 saturated carbocycles. The van der Waals surface area contributed by atoms with E-state index in [0.29, 0.717) is 24.7 Å². The number of hydrogen-bond donors (Lipinski definition) is 2. The van der Waals surface area contributed by atoms with Gasteiger partial charge in [0.05, 0.1) is 5.60 Å². The highest BCUT2D eigenvalue weighted by molar-refractivity contribution is 5.93. The van der Waals surface area contributed by atoms with Crippen LogP contribution in [0.4, 0.5) is 5.69 Å². The van der Waals surface area contributed by atoms with E-state index in [9.17, 15) is 15.0 Å². The molecule has 4 nitrogen and oxygen atoms in total. The van der Waals surface area contributed by atoms with Gasteiger partial charge in [-0.2, -0.15) is 0 Å². The molecule has 1 aromatic rings. The Balaban J connectivity index is 1.65. The molecule has 2 N–H and O–H groups in total. The molecule has 0 radical (unpaired) electrons. The first kappa shape index (κ1) is 21.9. The van der Waals surface area contributed by atoms with Gasteiger partial charge in [-0.05, 0) is 91.7 Å². The van der Waals surface area contributed by atoms with Gasteiger partial charge >= 0.3 is 0 Å². The first-order chi connectivity index (χ1) is 15.3. The van der Waals surface area contributed by atoms with Crippen LogP contribution < -0.4 is 4.90 Å². The van der Waals surface area contributed by atoms with Gasteiger partial charge in [0, 0.05) is 44.1 Å². The smallest absolute Gasteiger partial charge is 0.156 e. The molecule has 4 heteroatoms. The Morgan fingerprint density at radius 3 is 2.53 bits per heavy atom. The van der Waals surface area contributed by atoms with E-state index < -0.39 is 5.60 Å². The number of anilines is 1. The molecular weight excluding hydrogens is 398 g/mol. The summed E-state index contributed by atoms with van der Waals surface area (Å²) in [6, 6.07) is 8.92. The lowest BCUT2D eigenvalue weighted by Gasteiger charge is -2.55. The molecule has 0 aromatic heterocycles. The first-order valence-corrected chi connectivity index (χ1v) is 12.3. The van der Waals surface area contributed by atoms with Crippen LogP contribution >= 0.6 is 0 Å². The third-order valence-corrected chi connectivity index (χ3v) is 9.39. The Kier molecular flexibility index (Phi) is 5.37. The van der Waals surface area contributed by atoms with Crippen LogP contribution in [0.3, 0.4) is 0 Å². The predicted molar refractivity (Wildman–Crippen MR) is 128 cm³/mol. The van der Waals surface area contributed by atoms with Gasteiger partial charge in [-0.25, -0.2) is 0 Å². The van der Waals surface area contributed by atoms with E-state index >= 15 is 0 Å². The zero-order valence-electron chi connectivity index (χ0n) is 19.7. The standard InChI is InChI=1S/C28H37NO3/c1-27-17-24(18-4-7-20(8-5-18)29(2)3)26-22-11-9-21(31)16-19(22)6-10-23(26)25(27)12-13-28(27,32)14-15-30/h4-5,7-8,16,23-25,30,32H,6,9-15,17H2,1-3H3/t23-,24+,25-,27-,28+/m0/s1. The quantitative estimate of drug-likeness (QED) is 0.715. The molecule has 0 aliphatic heterocycles. The monoisotopic (exact) mass is 435 g/mol. The number of hydrogen-bond acceptors (Lipinski definition) is 4. The van der Waals surface area contributed by atoms with Crippen molar-refractivity contribution in [1.82, 2.24) is 0 Å². The number of carbonyl (C=O) groups excluding carboxylic acids is 1. The fourth-order valence-corrected chi connectivity index (χ4v) is 7.65. The van der Waals surface area contributed by atoms with E-state index in [4.69, 9.17) is 0 Å². The third-order valence-electron chi connectivity index (χ3n) is 9.39. The number of rotatable bonds is 4. The molecule has 172 valence electrons. The largest absolute Gasteiger partial charge is 0.396 e. The second kappa shape index (κ2) is 7.85. The molecule has 0 amide bonds. The Morgan fingerprint density at radius 1 is 1.09 bits per heavy atom. The van der Waals surface area contributed by atoms with Crippen LogP contribution in [0.1, 0.15) is 69.8 Å². The minimum absolute atomic E-state index is 0.0363. The van der Waals surface area contributed by atoms with Gasteiger partial charge in [0.15, 0.2) is 5.78 Å². The van der Waals surface area contributed by atoms with Crippen molar-refractivity contribution in [2.45, 2.75) is 69.8 Å². The Labute approximate surface area is 192 Å². The highest BCUT2D eigenvalue weighted by Gasteiger charge is 2.62. The average Bonchev–Trinajstić information content (AvgIpc) is 3.03. The van der Waals surface area contributed by atoms with Gasteiger partial charge in [-0.1, -0.05) is 24.6 Å². The minimum Gasteiger partial charge on any atom is -0.396 e. The van der Waals surface area contributed by atoms with Crippen molar-refractivity contribution in [1.29, 1.82) is 0 Å². The van der Waals surface area contributed by atoms with Crippen molar-refractivity contribution >= 4 is 11.5 Å². The summed E-state index contributed by atoms with van der Waals surface area (Å²) in [6.45, 7) is 2.33. The number of carbonyl (C=O) groups is 1. The number of aliphatic hydroxyl groups excluding tert-OH is 1. The molecule has 32 heavy (non-hydrogen) atoms. The van der Waals surface area contributed by atoms with Crippen LogP contribution in [0.2, 0.25) is 0 Å². The average molecular weight is 436 g/mol. The molecule has 0 spiro atoms. The lowest BCUT2D eigenvalue weighted by Crippen LogP contribution is -2.52. The van der Waals surface area contributed by atoms with Crippen molar-refractivity contribution in [2.24, 2.45) is 17.3 Å². The number of fused-ring (bicyclic) bond motifs is 4. The summed E-state index contributed by atoms with van der Waals surface area (Å²) in [7, 11) is 4.12. The van der Waals surface area contributed by atoms with Crippen LogP contribution in [0.25, 0.3) is 0 Å². The van der Waals surface area contributed by atoms with Crippen LogP contribution in [0, 0.1) is 17.3 Å². The predicted octanol–water partition coefficient (Wildman–Crippen LogP) is 4.77. The van der Waals surface area contributed by atoms with Gasteiger partial charge in [0.1, 0.15) is 0 Å². The number of ketones is 1. The first-order valence-electron chi connectivity index (χ1n) is 12.3. The zero-order chi connectivity index (χ0) is 22.7. The maximum Gasteiger partial charge on any atom is 0.156 e. The highest BCUT2D eigenvalue weighted by atomic mass is 16.3. The van der Waals surface area contributed by atoms with Gasteiger partial charge in [0.25, 0.3) is 0 Å². The van der Waals surface area contributed by atoms with Crippen molar-refractivity contribution in [3.63, 3.8) is 0 Å². The van der Waals surface area contributed by atoms with Crippen molar-refractivity contribution in [2.75, 3.05) is 25.6 Å². The number of nitrogens with zero attached hydrogens (tertiary/aromatic N) is 1. The van der Waals surface area contributed by atoms with Crippen LogP contribution in [-0.4, -0.2) is 42.3 Å². The lowest BCUT2D eigenvalue weighted by atomic mass is 9.51. The second-order valence-electron chi connectivity index (χ2n) is 11.0. The van der Waals surface area contributed by atoms with Gasteiger partial charge in [-0.15, -0.1) is 0 Å². The van der Waals surface area contributed by atoms with Crippen molar-refractivity contribution in [3.05, 3.63) is 52.6 Å². The summed E-state index contributed by atoms with van der Waals surface area (Å²) in [4.78, 5) is 14.3. The molecule has 5 rings (SSSR count). The minimum atomic E-state index is -0.802. The maximum atomic E-state index is 12.2. The summed E-state index contributed by atoms with van der Waals surface area (Å²) < 4.78 is 0. The fourth-order valence-electron chi connectivity index (χ4n) is 7.65. The highest BCUT2D eigenvalue weighted by Crippen LogP contribution is 2.67. The van der Waals surface area contributed by atoms with E-state index in [0.717, 1.165) is 38.5 Å². The van der Waals surface area contributed by atoms with E-state index in [1.807, 2.05) is 6.08 Å². The normalized spacial score (nSPS) is 36.3. The van der Waals surface area contributed by atoms with Gasteiger partial charge in [-0.3, -0.25) is 4.79 Å². The SMILES string of the molecule is CN(C)c1ccc([C@H]2C[C@@]3(C)[C@@H](CC[C@@]3(O)CCO)[C@@H]3CCC4=CC(=O)CCC4=C32)cc1. The summed E-state index contributed by atoms with van der Waals surface area (Å²) in [5.41, 5.74) is 5.77. The van der Waals surface area contributed by atoms with Crippen molar-refractivity contribution in [3.8, 4) is 0 Å². The lowest BCUT2D eigenvalue weighted by molar-refractivity contribution is -0.114. The molecule has 0 unspecified atom stereocenters. The van der Waals surface area contributed by atoms with E-state index in [1.165, 1.54) is 22.4 Å². The van der Waals surface area contributed by atoms with Gasteiger partial charge < -0.3 is 15.1 Å². The third kappa shape index (κ3) is 3.21. The molecule has 1 aromatic carbocycles. The summed E-state index contributed by atoms with van der Waals surface area (Å²) in [5.74, 6) is 1.43. The second-order valence-corrected chi connectivity index (χ2v) is 11.0. The molecule has 4 aliphatic rings. The topological polar surface area (TPSA) is 60.8 Å². The molecule has 2 fully saturated rings. The molecule has 0 saturated heterocycles. The molecule has 0 bridgehead atoms. The number of allylic oxidation sites excluding steroid dienone is 4. The summed E-state index contributed by atoms with van der Waals surface area (Å²) >= 11 is 0. The number of benzene rings is 1. The van der Waals surface area contributed by atoms with Crippen LogP contribution in [-0.2, 0) is 4.79 Å². The van der Waals surface area contributed by atoms with E-state index in [1.54, 1.807) is 5.57 Å². The van der Waals surface area contributed by atoms with Crippen molar-refractivity contribution < 1.29 is 15.0 Å². The molecule has 4 aliphatic carbocycles. The van der Waals surface area contributed by atoms with Crippen LogP contribution in [0.15, 0.2) is 47.1 Å². The summed E-state index contributed by atoms with van der Waals surface area (Å²) in [6.07, 6.45) is 8.63. The fraction of sp³-hybridized carbons (Fsp3) is 0.607. The Bertz CT molecular complexity index is 975. The Morgan fingerprint density at radius 2 is 1.84 bits per heavy atom. The van der Waals surface area contributed by atoms with E-state index in [-0.39, 0.29) is 23.7 Å². The molecule has 0 heterocycles. The number of aliphatic hydroxyl groups is 2. The maximum absolute atomic E-state index is 12.2. The van der Waals surface area contributed by atoms with E-state index in [2.05, 4.69) is 50.2 Å². The molecular formula is C28H37NO3. The summed E-state index contributed by atoms with van der Waals surface area (Å²) in [5, 5.41) is 21.5. The molecule has 5 atom stereocenters. The zero-order valence-corrected chi connectivity index (χ0v) is 19.7. The van der Waals surface area contributed by atoms with Crippen LogP contribution in [0.5, 0.6) is 0 Å².